The molecule has 4 nitrogen and oxygen atoms in total. The van der Waals surface area contributed by atoms with Crippen molar-refractivity contribution in [1.29, 1.82) is 0 Å². The lowest BCUT2D eigenvalue weighted by Gasteiger charge is -2.36. The van der Waals surface area contributed by atoms with Crippen molar-refractivity contribution >= 4 is 0 Å². The molecule has 4 heteroatoms. The molecule has 1 aliphatic carbocycles. The average molecular weight is 277 g/mol. The lowest BCUT2D eigenvalue weighted by atomic mass is 9.75. The molecular weight excluding hydrogens is 250 g/mol. The molecule has 0 radical (unpaired) electrons. The van der Waals surface area contributed by atoms with Gasteiger partial charge in [-0.25, -0.2) is 9.97 Å². The number of aryl methyl sites for hydroxylation is 1. The Labute approximate surface area is 122 Å². The average Bonchev–Trinajstić information content (AvgIpc) is 2.38. The lowest BCUT2D eigenvalue weighted by molar-refractivity contribution is 0.0388. The maximum atomic E-state index is 6.12. The van der Waals surface area contributed by atoms with Gasteiger partial charge < -0.3 is 10.5 Å². The Balaban J connectivity index is 2.11. The van der Waals surface area contributed by atoms with Gasteiger partial charge in [0.1, 0.15) is 6.10 Å². The topological polar surface area (TPSA) is 61.0 Å². The van der Waals surface area contributed by atoms with Gasteiger partial charge >= 0.3 is 6.01 Å². The summed E-state index contributed by atoms with van der Waals surface area (Å²) in [6.45, 7) is 9.29. The van der Waals surface area contributed by atoms with Gasteiger partial charge in [0.2, 0.25) is 0 Å². The van der Waals surface area contributed by atoms with E-state index in [1.807, 2.05) is 6.92 Å². The first kappa shape index (κ1) is 15.2. The Bertz CT molecular complexity index is 447. The predicted molar refractivity (Wildman–Crippen MR) is 80.4 cm³/mol. The van der Waals surface area contributed by atoms with E-state index in [1.54, 1.807) is 6.20 Å². The molecule has 0 amide bonds. The highest BCUT2D eigenvalue weighted by Crippen LogP contribution is 2.35. The van der Waals surface area contributed by atoms with Gasteiger partial charge in [-0.15, -0.1) is 0 Å². The van der Waals surface area contributed by atoms with Crippen molar-refractivity contribution in [1.82, 2.24) is 9.97 Å². The van der Waals surface area contributed by atoms with E-state index in [0.717, 1.165) is 23.6 Å². The van der Waals surface area contributed by atoms with Crippen molar-refractivity contribution in [3.8, 4) is 6.01 Å². The fourth-order valence-electron chi connectivity index (χ4n) is 3.11. The third-order valence-corrected chi connectivity index (χ3v) is 4.50. The van der Waals surface area contributed by atoms with Crippen LogP contribution in [0.15, 0.2) is 6.20 Å². The van der Waals surface area contributed by atoms with E-state index in [4.69, 9.17) is 10.5 Å². The number of hydrogen-bond acceptors (Lipinski definition) is 4. The number of aromatic nitrogens is 2. The van der Waals surface area contributed by atoms with E-state index >= 15 is 0 Å². The molecule has 1 aromatic heterocycles. The van der Waals surface area contributed by atoms with Gasteiger partial charge in [0, 0.05) is 24.0 Å². The van der Waals surface area contributed by atoms with Crippen LogP contribution < -0.4 is 10.5 Å². The molecule has 20 heavy (non-hydrogen) atoms. The van der Waals surface area contributed by atoms with Crippen molar-refractivity contribution in [2.24, 2.45) is 23.5 Å². The lowest BCUT2D eigenvalue weighted by Crippen LogP contribution is -2.36. The van der Waals surface area contributed by atoms with Crippen molar-refractivity contribution in [3.63, 3.8) is 0 Å². The molecule has 1 heterocycles. The van der Waals surface area contributed by atoms with Crippen molar-refractivity contribution in [2.75, 3.05) is 0 Å². The minimum Gasteiger partial charge on any atom is -0.460 e. The first-order valence-electron chi connectivity index (χ1n) is 7.70. The third kappa shape index (κ3) is 3.48. The van der Waals surface area contributed by atoms with E-state index < -0.39 is 0 Å². The Morgan fingerprint density at radius 3 is 2.75 bits per heavy atom. The van der Waals surface area contributed by atoms with Crippen LogP contribution in [-0.2, 0) is 6.54 Å². The van der Waals surface area contributed by atoms with Crippen LogP contribution in [0.5, 0.6) is 6.01 Å². The van der Waals surface area contributed by atoms with Gasteiger partial charge in [0.05, 0.1) is 0 Å². The summed E-state index contributed by atoms with van der Waals surface area (Å²) in [5.41, 5.74) is 7.54. The standard InChI is InChI=1S/C16H27N3O/c1-10(2)14-6-5-11(3)7-15(14)20-16-18-9-13(8-17)12(4)19-16/h9-11,14-15H,5-8,17H2,1-4H3. The number of ether oxygens (including phenoxy) is 1. The fourth-order valence-corrected chi connectivity index (χ4v) is 3.11. The summed E-state index contributed by atoms with van der Waals surface area (Å²) in [6.07, 6.45) is 5.66. The molecule has 112 valence electrons. The van der Waals surface area contributed by atoms with Crippen LogP contribution in [0.3, 0.4) is 0 Å². The first-order chi connectivity index (χ1) is 9.51. The summed E-state index contributed by atoms with van der Waals surface area (Å²) < 4.78 is 6.12. The van der Waals surface area contributed by atoms with E-state index in [1.165, 1.54) is 12.8 Å². The van der Waals surface area contributed by atoms with E-state index in [0.29, 0.717) is 24.4 Å². The third-order valence-electron chi connectivity index (χ3n) is 4.50. The summed E-state index contributed by atoms with van der Waals surface area (Å²) in [5.74, 6) is 1.96. The van der Waals surface area contributed by atoms with E-state index in [-0.39, 0.29) is 6.10 Å². The van der Waals surface area contributed by atoms with Gasteiger partial charge in [-0.1, -0.05) is 27.2 Å². The molecular formula is C16H27N3O. The maximum absolute atomic E-state index is 6.12. The first-order valence-corrected chi connectivity index (χ1v) is 7.70. The molecule has 3 atom stereocenters. The summed E-state index contributed by atoms with van der Waals surface area (Å²) in [4.78, 5) is 8.75. The fraction of sp³-hybridized carbons (Fsp3) is 0.750. The highest BCUT2D eigenvalue weighted by atomic mass is 16.5. The minimum absolute atomic E-state index is 0.238. The van der Waals surface area contributed by atoms with Gasteiger partial charge in [0.15, 0.2) is 0 Å². The van der Waals surface area contributed by atoms with Gasteiger partial charge in [-0.2, -0.15) is 0 Å². The quantitative estimate of drug-likeness (QED) is 0.918. The summed E-state index contributed by atoms with van der Waals surface area (Å²) in [6, 6.07) is 0.504. The molecule has 0 spiro atoms. The second-order valence-electron chi connectivity index (χ2n) is 6.45. The Morgan fingerprint density at radius 2 is 2.15 bits per heavy atom. The number of hydrogen-bond donors (Lipinski definition) is 1. The minimum atomic E-state index is 0.238. The monoisotopic (exact) mass is 277 g/mol. The Kier molecular flexibility index (Phi) is 4.97. The Morgan fingerprint density at radius 1 is 1.40 bits per heavy atom. The zero-order chi connectivity index (χ0) is 14.7. The number of nitrogens with two attached hydrogens (primary N) is 1. The molecule has 0 aromatic carbocycles. The molecule has 0 saturated heterocycles. The van der Waals surface area contributed by atoms with Crippen LogP contribution in [0.25, 0.3) is 0 Å². The second-order valence-corrected chi connectivity index (χ2v) is 6.45. The molecule has 0 bridgehead atoms. The molecule has 2 rings (SSSR count). The molecule has 1 fully saturated rings. The van der Waals surface area contributed by atoms with Crippen molar-refractivity contribution in [2.45, 2.75) is 59.6 Å². The van der Waals surface area contributed by atoms with Gasteiger partial charge in [-0.05, 0) is 37.5 Å². The van der Waals surface area contributed by atoms with Gasteiger partial charge in [-0.3, -0.25) is 0 Å². The second kappa shape index (κ2) is 6.53. The molecule has 2 N–H and O–H groups in total. The summed E-state index contributed by atoms with van der Waals surface area (Å²) in [7, 11) is 0. The summed E-state index contributed by atoms with van der Waals surface area (Å²) in [5, 5.41) is 0. The van der Waals surface area contributed by atoms with Crippen LogP contribution in [-0.4, -0.2) is 16.1 Å². The molecule has 0 aliphatic heterocycles. The largest absolute Gasteiger partial charge is 0.460 e. The number of rotatable bonds is 4. The zero-order valence-corrected chi connectivity index (χ0v) is 13.1. The van der Waals surface area contributed by atoms with Crippen LogP contribution >= 0.6 is 0 Å². The number of nitrogens with zero attached hydrogens (tertiary/aromatic N) is 2. The molecule has 1 aliphatic rings. The zero-order valence-electron chi connectivity index (χ0n) is 13.1. The Hall–Kier alpha value is -1.16. The van der Waals surface area contributed by atoms with Crippen LogP contribution in [0.4, 0.5) is 0 Å². The van der Waals surface area contributed by atoms with E-state index in [9.17, 15) is 0 Å². The molecule has 1 aromatic rings. The highest BCUT2D eigenvalue weighted by Gasteiger charge is 2.32. The predicted octanol–water partition coefficient (Wildman–Crippen LogP) is 3.08. The van der Waals surface area contributed by atoms with Crippen molar-refractivity contribution < 1.29 is 4.74 Å². The smallest absolute Gasteiger partial charge is 0.316 e. The maximum Gasteiger partial charge on any atom is 0.316 e. The SMILES string of the molecule is Cc1nc(OC2CC(C)CCC2C(C)C)ncc1CN. The molecule has 3 unspecified atom stereocenters. The van der Waals surface area contributed by atoms with E-state index in [2.05, 4.69) is 30.7 Å². The van der Waals surface area contributed by atoms with Crippen molar-refractivity contribution in [3.05, 3.63) is 17.5 Å². The van der Waals surface area contributed by atoms with Crippen LogP contribution in [0.1, 0.15) is 51.3 Å². The van der Waals surface area contributed by atoms with Gasteiger partial charge in [0.25, 0.3) is 0 Å². The molecule has 1 saturated carbocycles. The summed E-state index contributed by atoms with van der Waals surface area (Å²) >= 11 is 0. The highest BCUT2D eigenvalue weighted by molar-refractivity contribution is 5.17. The van der Waals surface area contributed by atoms with Crippen LogP contribution in [0, 0.1) is 24.7 Å². The normalized spacial score (nSPS) is 26.8. The van der Waals surface area contributed by atoms with Crippen LogP contribution in [0.2, 0.25) is 0 Å².